The maximum absolute atomic E-state index is 13.9. The number of rotatable bonds is 18. The summed E-state index contributed by atoms with van der Waals surface area (Å²) in [6, 6.07) is 20.5. The quantitative estimate of drug-likeness (QED) is 0.124. The topological polar surface area (TPSA) is 309 Å². The van der Waals surface area contributed by atoms with Crippen LogP contribution in [0.25, 0.3) is 34.4 Å². The third kappa shape index (κ3) is 12.6. The van der Waals surface area contributed by atoms with Gasteiger partial charge in [-0.2, -0.15) is 0 Å². The molecule has 30 heteroatoms. The van der Waals surface area contributed by atoms with Crippen LogP contribution in [0.3, 0.4) is 0 Å². The van der Waals surface area contributed by atoms with Crippen LogP contribution in [-0.2, 0) is 31.2 Å². The number of aliphatic hydroxyl groups is 2. The summed E-state index contributed by atoms with van der Waals surface area (Å²) in [6.45, 7) is 0.221. The van der Waals surface area contributed by atoms with Gasteiger partial charge in [0.2, 0.25) is 23.7 Å². The Morgan fingerprint density at radius 2 is 0.829 bits per heavy atom. The normalized spacial score (nSPS) is 17.3. The van der Waals surface area contributed by atoms with E-state index in [1.807, 2.05) is 0 Å². The number of pyridine rings is 2. The molecule has 2 N–H and O–H groups in total. The molecule has 2 aliphatic heterocycles. The monoisotopic (exact) mass is 1170 g/mol. The summed E-state index contributed by atoms with van der Waals surface area (Å²) in [7, 11) is 1.00. The molecular formula is C52H56F2N14O12S2. The van der Waals surface area contributed by atoms with E-state index < -0.39 is 65.5 Å². The largest absolute Gasteiger partial charge is 0.494 e. The van der Waals surface area contributed by atoms with E-state index in [1.165, 1.54) is 61.6 Å². The van der Waals surface area contributed by atoms with Crippen LogP contribution >= 0.6 is 0 Å². The van der Waals surface area contributed by atoms with Crippen molar-refractivity contribution >= 4 is 31.6 Å². The summed E-state index contributed by atoms with van der Waals surface area (Å²) < 4.78 is 118. The standard InChI is InChI=1S/2C26H28FN7O6S/c2*1-38-20-7-5-8-21(39-2)24(20)34-22(31-32-25(34)19-6-4-9-23(30-19)40-3)15-41(36,37)18-10-17(35)13-33(14-18)26-28-11-16(27)12-29-26/h2*4-9,11-12,17-18,35H,10,13-15H2,1-3H3/t2*17-,18+/m10/s1. The predicted molar refractivity (Wildman–Crippen MR) is 291 cm³/mol. The molecule has 432 valence electrons. The van der Waals surface area contributed by atoms with Gasteiger partial charge in [-0.15, -0.1) is 20.4 Å². The van der Waals surface area contributed by atoms with E-state index in [2.05, 4.69) is 50.3 Å². The van der Waals surface area contributed by atoms with E-state index in [0.29, 0.717) is 57.5 Å². The van der Waals surface area contributed by atoms with Gasteiger partial charge in [0.15, 0.2) is 54.6 Å². The number of piperidine rings is 2. The van der Waals surface area contributed by atoms with Crippen LogP contribution < -0.4 is 38.2 Å². The van der Waals surface area contributed by atoms with Crippen molar-refractivity contribution in [1.82, 2.24) is 59.4 Å². The highest BCUT2D eigenvalue weighted by molar-refractivity contribution is 7.91. The first-order valence-corrected chi connectivity index (χ1v) is 28.5. The smallest absolute Gasteiger partial charge is 0.225 e. The van der Waals surface area contributed by atoms with E-state index in [-0.39, 0.29) is 74.2 Å². The number of ether oxygens (including phenoxy) is 6. The van der Waals surface area contributed by atoms with Gasteiger partial charge in [-0.05, 0) is 49.2 Å². The zero-order valence-electron chi connectivity index (χ0n) is 45.0. The molecule has 4 atom stereocenters. The van der Waals surface area contributed by atoms with Gasteiger partial charge in [0.25, 0.3) is 0 Å². The Morgan fingerprint density at radius 3 is 1.16 bits per heavy atom. The number of hydrogen-bond donors (Lipinski definition) is 2. The second-order valence-electron chi connectivity index (χ2n) is 18.6. The molecular weight excluding hydrogens is 1110 g/mol. The Morgan fingerprint density at radius 1 is 0.488 bits per heavy atom. The number of benzene rings is 2. The van der Waals surface area contributed by atoms with E-state index in [0.717, 1.165) is 24.8 Å². The minimum atomic E-state index is -3.95. The molecule has 82 heavy (non-hydrogen) atoms. The van der Waals surface area contributed by atoms with Crippen molar-refractivity contribution in [1.29, 1.82) is 0 Å². The van der Waals surface area contributed by atoms with E-state index >= 15 is 0 Å². The fourth-order valence-corrected chi connectivity index (χ4v) is 12.9. The van der Waals surface area contributed by atoms with Crippen molar-refractivity contribution in [2.75, 3.05) is 78.6 Å². The lowest BCUT2D eigenvalue weighted by Crippen LogP contribution is -2.49. The predicted octanol–water partition coefficient (Wildman–Crippen LogP) is 3.68. The van der Waals surface area contributed by atoms with Gasteiger partial charge in [0.1, 0.15) is 57.3 Å². The first-order chi connectivity index (χ1) is 39.5. The summed E-state index contributed by atoms with van der Waals surface area (Å²) in [5.41, 5.74) is 1.53. The van der Waals surface area contributed by atoms with E-state index in [4.69, 9.17) is 28.4 Å². The van der Waals surface area contributed by atoms with Crippen molar-refractivity contribution in [2.24, 2.45) is 0 Å². The van der Waals surface area contributed by atoms with Crippen molar-refractivity contribution in [3.63, 3.8) is 0 Å². The lowest BCUT2D eigenvalue weighted by atomic mass is 10.1. The molecule has 8 heterocycles. The molecule has 0 unspecified atom stereocenters. The van der Waals surface area contributed by atoms with Gasteiger partial charge in [-0.25, -0.2) is 55.5 Å². The molecule has 2 aromatic carbocycles. The van der Waals surface area contributed by atoms with Crippen LogP contribution in [0, 0.1) is 11.6 Å². The minimum absolute atomic E-state index is 0.00143. The number of halogens is 2. The third-order valence-corrected chi connectivity index (χ3v) is 17.3. The summed E-state index contributed by atoms with van der Waals surface area (Å²) in [5, 5.41) is 36.2. The van der Waals surface area contributed by atoms with Gasteiger partial charge >= 0.3 is 0 Å². The lowest BCUT2D eigenvalue weighted by molar-refractivity contribution is 0.154. The SMILES string of the molecule is COc1cccc(-c2nnc(CS(=O)(=O)[C@@H]3C[C@H](O)CN(c4ncc(F)cn4)C3)n2-c2c(OC)cccc2OC)n1.COc1cccc(-c2nnc(CS(=O)(=O)[C@H]3C[C@@H](O)CN(c4ncc(F)cn4)C3)n2-c2c(OC)cccc2OC)n1. The number of para-hydroxylation sites is 2. The molecule has 0 bridgehead atoms. The molecule has 2 aliphatic rings. The molecule has 2 saturated heterocycles. The Kier molecular flexibility index (Phi) is 17.6. The maximum Gasteiger partial charge on any atom is 0.225 e. The fraction of sp³-hybridized carbons (Fsp3) is 0.346. The van der Waals surface area contributed by atoms with Gasteiger partial charge in [-0.1, -0.05) is 24.3 Å². The second kappa shape index (κ2) is 25.0. The Balaban J connectivity index is 0.000000198. The Labute approximate surface area is 469 Å². The van der Waals surface area contributed by atoms with E-state index in [9.17, 15) is 35.8 Å². The molecule has 8 aromatic rings. The molecule has 26 nitrogen and oxygen atoms in total. The molecule has 0 spiro atoms. The highest BCUT2D eigenvalue weighted by Gasteiger charge is 2.40. The molecule has 0 aliphatic carbocycles. The Bertz CT molecular complexity index is 3470. The lowest BCUT2D eigenvalue weighted by Gasteiger charge is -2.35. The number of sulfone groups is 2. The number of methoxy groups -OCH3 is 6. The van der Waals surface area contributed by atoms with Gasteiger partial charge < -0.3 is 48.4 Å². The summed E-state index contributed by atoms with van der Waals surface area (Å²) in [4.78, 5) is 27.7. The van der Waals surface area contributed by atoms with Crippen LogP contribution in [0.15, 0.2) is 97.6 Å². The Hall–Kier alpha value is -8.74. The van der Waals surface area contributed by atoms with Crippen LogP contribution in [-0.4, -0.2) is 178 Å². The second-order valence-corrected chi connectivity index (χ2v) is 23.1. The molecule has 10 rings (SSSR count). The summed E-state index contributed by atoms with van der Waals surface area (Å²) in [5.74, 6) is 0.802. The van der Waals surface area contributed by atoms with Crippen LogP contribution in [0.5, 0.6) is 34.8 Å². The first kappa shape index (κ1) is 57.9. The number of β-amino-alcohol motifs (C(OH)–C–C–N with tert-alkyl or cyclic N) is 2. The molecule has 0 amide bonds. The van der Waals surface area contributed by atoms with Crippen LogP contribution in [0.4, 0.5) is 20.7 Å². The maximum atomic E-state index is 13.9. The highest BCUT2D eigenvalue weighted by Crippen LogP contribution is 2.39. The van der Waals surface area contributed by atoms with Crippen molar-refractivity contribution in [2.45, 2.75) is 47.1 Å². The summed E-state index contributed by atoms with van der Waals surface area (Å²) in [6.07, 6.45) is 2.01. The minimum Gasteiger partial charge on any atom is -0.494 e. The zero-order chi connectivity index (χ0) is 58.3. The third-order valence-electron chi connectivity index (χ3n) is 13.3. The van der Waals surface area contributed by atoms with Gasteiger partial charge in [0.05, 0.1) is 90.2 Å². The molecule has 6 aromatic heterocycles. The van der Waals surface area contributed by atoms with Gasteiger partial charge in [0, 0.05) is 38.3 Å². The van der Waals surface area contributed by atoms with Crippen LogP contribution in [0.1, 0.15) is 24.5 Å². The van der Waals surface area contributed by atoms with E-state index in [1.54, 1.807) is 72.8 Å². The number of nitrogens with zero attached hydrogens (tertiary/aromatic N) is 14. The number of hydrogen-bond acceptors (Lipinski definition) is 24. The molecule has 0 radical (unpaired) electrons. The molecule has 2 fully saturated rings. The average Bonchev–Trinajstić information content (AvgIpc) is 3.60. The molecule has 0 saturated carbocycles. The van der Waals surface area contributed by atoms with Gasteiger partial charge in [-0.3, -0.25) is 9.13 Å². The highest BCUT2D eigenvalue weighted by atomic mass is 32.2. The number of aromatic nitrogens is 12. The van der Waals surface area contributed by atoms with Crippen molar-refractivity contribution in [3.8, 4) is 69.2 Å². The first-order valence-electron chi connectivity index (χ1n) is 25.1. The van der Waals surface area contributed by atoms with Crippen LogP contribution in [0.2, 0.25) is 0 Å². The fourth-order valence-electron chi connectivity index (χ4n) is 9.47. The average molecular weight is 1170 g/mol. The zero-order valence-corrected chi connectivity index (χ0v) is 46.6. The van der Waals surface area contributed by atoms with Crippen molar-refractivity contribution in [3.05, 3.63) is 121 Å². The number of anilines is 2. The number of aliphatic hydroxyl groups excluding tert-OH is 2. The van der Waals surface area contributed by atoms with Crippen molar-refractivity contribution < 1.29 is 64.3 Å². The summed E-state index contributed by atoms with van der Waals surface area (Å²) >= 11 is 0.